The summed E-state index contributed by atoms with van der Waals surface area (Å²) in [5.74, 6) is -0.624. The van der Waals surface area contributed by atoms with Gasteiger partial charge in [0.25, 0.3) is 0 Å². The molecule has 162 valence electrons. The molecule has 0 fully saturated rings. The van der Waals surface area contributed by atoms with Crippen LogP contribution in [0.15, 0.2) is 24.3 Å². The van der Waals surface area contributed by atoms with Crippen molar-refractivity contribution in [2.45, 2.75) is 55.9 Å². The number of benzene rings is 1. The zero-order chi connectivity index (χ0) is 21.9. The molecule has 1 unspecified atom stereocenters. The lowest BCUT2D eigenvalue weighted by Crippen LogP contribution is -2.56. The van der Waals surface area contributed by atoms with E-state index in [0.29, 0.717) is 24.3 Å². The monoisotopic (exact) mass is 481 g/mol. The third-order valence-electron chi connectivity index (χ3n) is 3.77. The fourth-order valence-electron chi connectivity index (χ4n) is 2.15. The van der Waals surface area contributed by atoms with Crippen LogP contribution in [0.25, 0.3) is 0 Å². The minimum atomic E-state index is -1.81. The fraction of sp³-hybridized carbons (Fsp3) is 0.526. The number of unbranched alkanes of at least 4 members (excludes halogenated alkanes) is 2. The van der Waals surface area contributed by atoms with Crippen molar-refractivity contribution >= 4 is 69.7 Å². The van der Waals surface area contributed by atoms with E-state index < -0.39 is 9.96 Å². The lowest BCUT2D eigenvalue weighted by molar-refractivity contribution is -0.122. The van der Waals surface area contributed by atoms with E-state index in [0.717, 1.165) is 25.7 Å². The number of alkyl halides is 3. The lowest BCUT2D eigenvalue weighted by atomic mass is 10.2. The summed E-state index contributed by atoms with van der Waals surface area (Å²) < 4.78 is 3.36. The Bertz CT molecular complexity index is 682. The van der Waals surface area contributed by atoms with Crippen LogP contribution >= 0.6 is 47.0 Å². The Morgan fingerprint density at radius 1 is 1.07 bits per heavy atom. The van der Waals surface area contributed by atoms with Crippen LogP contribution in [0.2, 0.25) is 0 Å². The second-order valence-electron chi connectivity index (χ2n) is 6.31. The van der Waals surface area contributed by atoms with Gasteiger partial charge in [-0.3, -0.25) is 4.79 Å². The SMILES string of the molecule is CCCCOC(=O)c1ccc(NC(=S)NC(NC(=O)CCCC)C(Cl)(Cl)Cl)cc1. The van der Waals surface area contributed by atoms with Crippen molar-refractivity contribution in [1.82, 2.24) is 10.6 Å². The Kier molecular flexibility index (Phi) is 11.6. The van der Waals surface area contributed by atoms with Gasteiger partial charge in [-0.2, -0.15) is 0 Å². The molecular weight excluding hydrogens is 457 g/mol. The summed E-state index contributed by atoms with van der Waals surface area (Å²) >= 11 is 23.1. The van der Waals surface area contributed by atoms with E-state index in [1.807, 2.05) is 13.8 Å². The van der Waals surface area contributed by atoms with Crippen molar-refractivity contribution in [2.75, 3.05) is 11.9 Å². The number of ether oxygens (including phenoxy) is 1. The van der Waals surface area contributed by atoms with Crippen molar-refractivity contribution in [3.8, 4) is 0 Å². The third-order valence-corrected chi connectivity index (χ3v) is 4.65. The van der Waals surface area contributed by atoms with Crippen LogP contribution in [-0.4, -0.2) is 33.6 Å². The van der Waals surface area contributed by atoms with Gasteiger partial charge in [-0.25, -0.2) is 4.79 Å². The minimum Gasteiger partial charge on any atom is -0.462 e. The molecule has 0 aromatic heterocycles. The summed E-state index contributed by atoms with van der Waals surface area (Å²) in [7, 11) is 0. The number of thiocarbonyl (C=S) groups is 1. The molecule has 0 heterocycles. The summed E-state index contributed by atoms with van der Waals surface area (Å²) in [5.41, 5.74) is 1.06. The van der Waals surface area contributed by atoms with Crippen LogP contribution in [0, 0.1) is 0 Å². The quantitative estimate of drug-likeness (QED) is 0.144. The summed E-state index contributed by atoms with van der Waals surface area (Å²) in [6.45, 7) is 4.40. The number of carbonyl (C=O) groups excluding carboxylic acids is 2. The number of hydrogen-bond donors (Lipinski definition) is 3. The molecule has 0 aliphatic heterocycles. The first-order valence-electron chi connectivity index (χ1n) is 9.38. The number of carbonyl (C=O) groups is 2. The molecule has 1 amide bonds. The smallest absolute Gasteiger partial charge is 0.338 e. The summed E-state index contributed by atoms with van der Waals surface area (Å²) in [4.78, 5) is 23.9. The van der Waals surface area contributed by atoms with Gasteiger partial charge in [-0.05, 0) is 49.3 Å². The van der Waals surface area contributed by atoms with E-state index in [-0.39, 0.29) is 17.0 Å². The standard InChI is InChI=1S/C19H26Cl3N3O3S/c1-3-5-7-15(26)24-17(19(20,21)22)25-18(29)23-14-10-8-13(9-11-14)16(27)28-12-6-4-2/h8-11,17H,3-7,12H2,1-2H3,(H,24,26)(H2,23,25,29). The zero-order valence-corrected chi connectivity index (χ0v) is 19.5. The molecule has 0 aliphatic carbocycles. The Morgan fingerprint density at radius 2 is 1.69 bits per heavy atom. The largest absolute Gasteiger partial charge is 0.462 e. The number of rotatable bonds is 10. The van der Waals surface area contributed by atoms with E-state index in [9.17, 15) is 9.59 Å². The normalized spacial score (nSPS) is 12.0. The van der Waals surface area contributed by atoms with Crippen molar-refractivity contribution in [3.05, 3.63) is 29.8 Å². The van der Waals surface area contributed by atoms with Crippen molar-refractivity contribution in [2.24, 2.45) is 0 Å². The molecule has 1 aromatic carbocycles. The molecule has 0 radical (unpaired) electrons. The molecule has 0 spiro atoms. The second kappa shape index (κ2) is 13.1. The molecule has 29 heavy (non-hydrogen) atoms. The van der Waals surface area contributed by atoms with Crippen molar-refractivity contribution < 1.29 is 14.3 Å². The molecule has 3 N–H and O–H groups in total. The summed E-state index contributed by atoms with van der Waals surface area (Å²) in [6.07, 6.45) is 2.70. The maximum absolute atomic E-state index is 12.0. The van der Waals surface area contributed by atoms with Gasteiger partial charge in [-0.15, -0.1) is 0 Å². The van der Waals surface area contributed by atoms with E-state index in [4.69, 9.17) is 51.8 Å². The van der Waals surface area contributed by atoms with Crippen LogP contribution in [0.1, 0.15) is 56.3 Å². The van der Waals surface area contributed by atoms with Crippen molar-refractivity contribution in [1.29, 1.82) is 0 Å². The van der Waals surface area contributed by atoms with Gasteiger partial charge in [0.05, 0.1) is 12.2 Å². The molecular formula is C19H26Cl3N3O3S. The highest BCUT2D eigenvalue weighted by Crippen LogP contribution is 2.29. The molecule has 1 rings (SSSR count). The van der Waals surface area contributed by atoms with Crippen LogP contribution in [0.3, 0.4) is 0 Å². The van der Waals surface area contributed by atoms with Crippen LogP contribution < -0.4 is 16.0 Å². The van der Waals surface area contributed by atoms with E-state index in [2.05, 4.69) is 16.0 Å². The molecule has 0 saturated carbocycles. The minimum absolute atomic E-state index is 0.149. The zero-order valence-electron chi connectivity index (χ0n) is 16.4. The topological polar surface area (TPSA) is 79.5 Å². The number of nitrogens with one attached hydrogen (secondary N) is 3. The molecule has 0 saturated heterocycles. The second-order valence-corrected chi connectivity index (χ2v) is 9.09. The number of anilines is 1. The van der Waals surface area contributed by atoms with Crippen LogP contribution in [0.4, 0.5) is 5.69 Å². The van der Waals surface area contributed by atoms with Gasteiger partial charge in [0.1, 0.15) is 6.17 Å². The number of amides is 1. The molecule has 1 atom stereocenters. The third kappa shape index (κ3) is 10.3. The Hall–Kier alpha value is -1.28. The number of halogens is 3. The average Bonchev–Trinajstić information content (AvgIpc) is 2.65. The Balaban J connectivity index is 2.64. The maximum atomic E-state index is 12.0. The highest BCUT2D eigenvalue weighted by atomic mass is 35.6. The van der Waals surface area contributed by atoms with Gasteiger partial charge in [0, 0.05) is 12.1 Å². The van der Waals surface area contributed by atoms with E-state index >= 15 is 0 Å². The van der Waals surface area contributed by atoms with Gasteiger partial charge in [0.15, 0.2) is 5.11 Å². The Morgan fingerprint density at radius 3 is 2.24 bits per heavy atom. The van der Waals surface area contributed by atoms with E-state index in [1.165, 1.54) is 0 Å². The maximum Gasteiger partial charge on any atom is 0.338 e. The number of hydrogen-bond acceptors (Lipinski definition) is 4. The van der Waals surface area contributed by atoms with Gasteiger partial charge in [0.2, 0.25) is 9.70 Å². The highest BCUT2D eigenvalue weighted by Gasteiger charge is 2.34. The summed E-state index contributed by atoms with van der Waals surface area (Å²) in [6, 6.07) is 6.60. The molecule has 1 aromatic rings. The number of esters is 1. The molecule has 6 nitrogen and oxygen atoms in total. The first-order chi connectivity index (χ1) is 13.7. The lowest BCUT2D eigenvalue weighted by Gasteiger charge is -2.27. The highest BCUT2D eigenvalue weighted by molar-refractivity contribution is 7.80. The molecule has 10 heteroatoms. The fourth-order valence-corrected chi connectivity index (χ4v) is 2.71. The van der Waals surface area contributed by atoms with Gasteiger partial charge >= 0.3 is 5.97 Å². The molecule has 0 aliphatic rings. The summed E-state index contributed by atoms with van der Waals surface area (Å²) in [5, 5.41) is 8.48. The predicted octanol–water partition coefficient (Wildman–Crippen LogP) is 4.93. The predicted molar refractivity (Wildman–Crippen MR) is 123 cm³/mol. The first-order valence-corrected chi connectivity index (χ1v) is 10.9. The van der Waals surface area contributed by atoms with Gasteiger partial charge in [-0.1, -0.05) is 61.5 Å². The van der Waals surface area contributed by atoms with Crippen LogP contribution in [-0.2, 0) is 9.53 Å². The van der Waals surface area contributed by atoms with Gasteiger partial charge < -0.3 is 20.7 Å². The molecule has 0 bridgehead atoms. The van der Waals surface area contributed by atoms with Crippen molar-refractivity contribution in [3.63, 3.8) is 0 Å². The van der Waals surface area contributed by atoms with Crippen LogP contribution in [0.5, 0.6) is 0 Å². The average molecular weight is 483 g/mol. The first kappa shape index (κ1) is 25.8. The van der Waals surface area contributed by atoms with E-state index in [1.54, 1.807) is 24.3 Å². The Labute approximate surface area is 192 Å².